The van der Waals surface area contributed by atoms with Crippen LogP contribution in [0.4, 0.5) is 10.7 Å². The summed E-state index contributed by atoms with van der Waals surface area (Å²) in [6, 6.07) is 0.00121. The van der Waals surface area contributed by atoms with Gasteiger partial charge in [-0.25, -0.2) is 14.8 Å². The Bertz CT molecular complexity index is 556. The maximum Gasteiger partial charge on any atom is 0.410 e. The number of carbonyl (C=O) groups excluding carboxylic acids is 1. The summed E-state index contributed by atoms with van der Waals surface area (Å²) in [5.74, 6) is 0.662. The van der Waals surface area contributed by atoms with E-state index in [0.29, 0.717) is 31.3 Å². The molecule has 1 fully saturated rings. The Balaban J connectivity index is 2.03. The fourth-order valence-corrected chi connectivity index (χ4v) is 2.33. The summed E-state index contributed by atoms with van der Waals surface area (Å²) in [6.45, 7) is 11.1. The molecular formula is C15H24N4O3. The van der Waals surface area contributed by atoms with Crippen LogP contribution in [0.3, 0.4) is 0 Å². The third kappa shape index (κ3) is 3.78. The monoisotopic (exact) mass is 308 g/mol. The van der Waals surface area contributed by atoms with Crippen molar-refractivity contribution in [3.63, 3.8) is 0 Å². The van der Waals surface area contributed by atoms with Crippen molar-refractivity contribution < 1.29 is 14.6 Å². The smallest absolute Gasteiger partial charge is 0.410 e. The number of aryl methyl sites for hydroxylation is 1. The quantitative estimate of drug-likeness (QED) is 0.854. The molecule has 0 bridgehead atoms. The van der Waals surface area contributed by atoms with Crippen LogP contribution in [0, 0.1) is 6.92 Å². The van der Waals surface area contributed by atoms with Crippen LogP contribution in [0.2, 0.25) is 0 Å². The molecule has 1 aromatic heterocycles. The van der Waals surface area contributed by atoms with E-state index in [9.17, 15) is 9.90 Å². The predicted molar refractivity (Wildman–Crippen MR) is 83.0 cm³/mol. The molecule has 0 unspecified atom stereocenters. The molecule has 0 aliphatic carbocycles. The van der Waals surface area contributed by atoms with E-state index < -0.39 is 5.60 Å². The highest BCUT2D eigenvalue weighted by Gasteiger charge is 2.31. The van der Waals surface area contributed by atoms with E-state index >= 15 is 0 Å². The summed E-state index contributed by atoms with van der Waals surface area (Å²) >= 11 is 0. The lowest BCUT2D eigenvalue weighted by atomic mass is 10.2. The van der Waals surface area contributed by atoms with Gasteiger partial charge < -0.3 is 19.6 Å². The molecule has 1 N–H and O–H groups in total. The second-order valence-electron chi connectivity index (χ2n) is 6.61. The fraction of sp³-hybridized carbons (Fsp3) is 0.667. The SMILES string of the molecule is Cc1nc(N2CCN(C(=O)OC(C)(C)C)[C@@H](C)C2)ncc1O. The van der Waals surface area contributed by atoms with Gasteiger partial charge in [0.2, 0.25) is 5.95 Å². The van der Waals surface area contributed by atoms with Gasteiger partial charge in [-0.15, -0.1) is 0 Å². The minimum atomic E-state index is -0.495. The molecule has 2 rings (SSSR count). The molecule has 0 spiro atoms. The van der Waals surface area contributed by atoms with Gasteiger partial charge in [-0.05, 0) is 34.6 Å². The normalized spacial score (nSPS) is 19.2. The highest BCUT2D eigenvalue weighted by atomic mass is 16.6. The minimum Gasteiger partial charge on any atom is -0.504 e. The largest absolute Gasteiger partial charge is 0.504 e. The first-order chi connectivity index (χ1) is 10.2. The topological polar surface area (TPSA) is 78.8 Å². The number of aromatic hydroxyl groups is 1. The van der Waals surface area contributed by atoms with Gasteiger partial charge >= 0.3 is 6.09 Å². The molecule has 2 heterocycles. The predicted octanol–water partition coefficient (Wildman–Crippen LogP) is 1.94. The summed E-state index contributed by atoms with van der Waals surface area (Å²) in [6.07, 6.45) is 1.12. The van der Waals surface area contributed by atoms with Gasteiger partial charge in [0, 0.05) is 25.7 Å². The minimum absolute atomic E-state index is 0.00121. The lowest BCUT2D eigenvalue weighted by molar-refractivity contribution is 0.0158. The number of ether oxygens (including phenoxy) is 1. The maximum absolute atomic E-state index is 12.2. The lowest BCUT2D eigenvalue weighted by Crippen LogP contribution is -2.55. The van der Waals surface area contributed by atoms with E-state index in [-0.39, 0.29) is 17.9 Å². The third-order valence-electron chi connectivity index (χ3n) is 3.48. The second kappa shape index (κ2) is 5.98. The average molecular weight is 308 g/mol. The number of nitrogens with zero attached hydrogens (tertiary/aromatic N) is 4. The Morgan fingerprint density at radius 1 is 1.41 bits per heavy atom. The van der Waals surface area contributed by atoms with E-state index in [2.05, 4.69) is 9.97 Å². The summed E-state index contributed by atoms with van der Waals surface area (Å²) in [7, 11) is 0. The van der Waals surface area contributed by atoms with Crippen molar-refractivity contribution in [1.82, 2.24) is 14.9 Å². The molecule has 0 aromatic carbocycles. The van der Waals surface area contributed by atoms with E-state index in [1.54, 1.807) is 11.8 Å². The Morgan fingerprint density at radius 2 is 2.09 bits per heavy atom. The highest BCUT2D eigenvalue weighted by Crippen LogP contribution is 2.20. The van der Waals surface area contributed by atoms with Crippen molar-refractivity contribution in [3.8, 4) is 5.75 Å². The fourth-order valence-electron chi connectivity index (χ4n) is 2.33. The van der Waals surface area contributed by atoms with Gasteiger partial charge in [-0.3, -0.25) is 0 Å². The van der Waals surface area contributed by atoms with Crippen molar-refractivity contribution in [2.75, 3.05) is 24.5 Å². The molecule has 7 heteroatoms. The molecule has 0 saturated carbocycles. The van der Waals surface area contributed by atoms with Crippen molar-refractivity contribution in [1.29, 1.82) is 0 Å². The molecule has 1 amide bonds. The first-order valence-corrected chi connectivity index (χ1v) is 7.44. The zero-order valence-electron chi connectivity index (χ0n) is 13.8. The molecule has 7 nitrogen and oxygen atoms in total. The van der Waals surface area contributed by atoms with Crippen molar-refractivity contribution in [2.45, 2.75) is 46.3 Å². The van der Waals surface area contributed by atoms with Crippen LogP contribution in [-0.4, -0.2) is 57.3 Å². The molecule has 1 atom stereocenters. The van der Waals surface area contributed by atoms with Gasteiger partial charge in [0.1, 0.15) is 5.60 Å². The molecule has 0 radical (unpaired) electrons. The van der Waals surface area contributed by atoms with Crippen LogP contribution < -0.4 is 4.90 Å². The summed E-state index contributed by atoms with van der Waals surface area (Å²) in [4.78, 5) is 24.4. The van der Waals surface area contributed by atoms with Crippen LogP contribution in [0.15, 0.2) is 6.20 Å². The van der Waals surface area contributed by atoms with Crippen LogP contribution in [0.5, 0.6) is 5.75 Å². The van der Waals surface area contributed by atoms with Gasteiger partial charge in [0.05, 0.1) is 11.9 Å². The number of anilines is 1. The van der Waals surface area contributed by atoms with Gasteiger partial charge in [-0.2, -0.15) is 0 Å². The van der Waals surface area contributed by atoms with Crippen molar-refractivity contribution in [2.24, 2.45) is 0 Å². The number of aromatic nitrogens is 2. The molecule has 1 aliphatic rings. The Hall–Kier alpha value is -2.05. The first-order valence-electron chi connectivity index (χ1n) is 7.44. The number of carbonyl (C=O) groups is 1. The average Bonchev–Trinajstić information content (AvgIpc) is 2.39. The van der Waals surface area contributed by atoms with Gasteiger partial charge in [0.25, 0.3) is 0 Å². The number of amides is 1. The second-order valence-corrected chi connectivity index (χ2v) is 6.61. The zero-order chi connectivity index (χ0) is 16.5. The number of rotatable bonds is 1. The Morgan fingerprint density at radius 3 is 2.64 bits per heavy atom. The summed E-state index contributed by atoms with van der Waals surface area (Å²) in [5, 5.41) is 9.50. The molecule has 22 heavy (non-hydrogen) atoms. The standard InChI is InChI=1S/C15H24N4O3/c1-10-9-18(13-16-8-12(20)11(2)17-13)6-7-19(10)14(21)22-15(3,4)5/h8,10,20H,6-7,9H2,1-5H3/t10-/m0/s1. The third-order valence-corrected chi connectivity index (χ3v) is 3.48. The lowest BCUT2D eigenvalue weighted by Gasteiger charge is -2.40. The van der Waals surface area contributed by atoms with Crippen LogP contribution in [0.1, 0.15) is 33.4 Å². The van der Waals surface area contributed by atoms with E-state index in [0.717, 1.165) is 0 Å². The summed E-state index contributed by atoms with van der Waals surface area (Å²) in [5.41, 5.74) is 0.0534. The number of hydrogen-bond acceptors (Lipinski definition) is 6. The first kappa shape index (κ1) is 16.3. The molecular weight excluding hydrogens is 284 g/mol. The molecule has 1 aliphatic heterocycles. The Labute approximate surface area is 130 Å². The van der Waals surface area contributed by atoms with E-state index in [4.69, 9.17) is 4.74 Å². The zero-order valence-corrected chi connectivity index (χ0v) is 13.8. The Kier molecular flexibility index (Phi) is 4.44. The van der Waals surface area contributed by atoms with Gasteiger partial charge in [-0.1, -0.05) is 0 Å². The maximum atomic E-state index is 12.2. The van der Waals surface area contributed by atoms with E-state index in [1.807, 2.05) is 32.6 Å². The van der Waals surface area contributed by atoms with E-state index in [1.165, 1.54) is 6.20 Å². The summed E-state index contributed by atoms with van der Waals surface area (Å²) < 4.78 is 5.43. The molecule has 1 aromatic rings. The number of hydrogen-bond donors (Lipinski definition) is 1. The number of piperazine rings is 1. The van der Waals surface area contributed by atoms with Crippen molar-refractivity contribution >= 4 is 12.0 Å². The highest BCUT2D eigenvalue weighted by molar-refractivity contribution is 5.69. The molecule has 122 valence electrons. The van der Waals surface area contributed by atoms with Crippen LogP contribution >= 0.6 is 0 Å². The van der Waals surface area contributed by atoms with Crippen LogP contribution in [-0.2, 0) is 4.74 Å². The van der Waals surface area contributed by atoms with Gasteiger partial charge in [0.15, 0.2) is 5.75 Å². The van der Waals surface area contributed by atoms with Crippen LogP contribution in [0.25, 0.3) is 0 Å². The molecule has 1 saturated heterocycles. The van der Waals surface area contributed by atoms with Crippen molar-refractivity contribution in [3.05, 3.63) is 11.9 Å².